The number of aryl methyl sites for hydroxylation is 2. The summed E-state index contributed by atoms with van der Waals surface area (Å²) in [6.45, 7) is 4.39. The predicted molar refractivity (Wildman–Crippen MR) is 163 cm³/mol. The highest BCUT2D eigenvalue weighted by Gasteiger charge is 2.28. The Hall–Kier alpha value is -3.76. The summed E-state index contributed by atoms with van der Waals surface area (Å²) in [5.41, 5.74) is 4.65. The van der Waals surface area contributed by atoms with Crippen molar-refractivity contribution in [1.29, 1.82) is 0 Å². The van der Waals surface area contributed by atoms with Gasteiger partial charge in [0.1, 0.15) is 19.3 Å². The number of benzene rings is 3. The van der Waals surface area contributed by atoms with E-state index in [1.165, 1.54) is 11.1 Å². The van der Waals surface area contributed by atoms with E-state index in [0.29, 0.717) is 42.0 Å². The van der Waals surface area contributed by atoms with Gasteiger partial charge in [-0.05, 0) is 52.9 Å². The third kappa shape index (κ3) is 6.10. The number of pyridine rings is 1. The molecule has 0 fully saturated rings. The zero-order valence-corrected chi connectivity index (χ0v) is 26.3. The Morgan fingerprint density at radius 1 is 1.02 bits per heavy atom. The lowest BCUT2D eigenvalue weighted by atomic mass is 9.95. The second-order valence-corrected chi connectivity index (χ2v) is 11.4. The van der Waals surface area contributed by atoms with Crippen molar-refractivity contribution in [2.75, 3.05) is 33.6 Å². The van der Waals surface area contributed by atoms with Gasteiger partial charge in [-0.2, -0.15) is 9.67 Å². The minimum Gasteiger partial charge on any atom is -1.00 e. The van der Waals surface area contributed by atoms with Crippen molar-refractivity contribution < 1.29 is 35.9 Å². The van der Waals surface area contributed by atoms with Gasteiger partial charge in [0.2, 0.25) is 12.5 Å². The normalized spacial score (nSPS) is 13.0. The number of aromatic nitrogens is 4. The van der Waals surface area contributed by atoms with Gasteiger partial charge in [-0.3, -0.25) is 9.58 Å². The van der Waals surface area contributed by atoms with Crippen LogP contribution in [-0.4, -0.2) is 53.3 Å². The van der Waals surface area contributed by atoms with Crippen LogP contribution < -0.4 is 35.9 Å². The maximum absolute atomic E-state index is 6.51. The van der Waals surface area contributed by atoms with Crippen molar-refractivity contribution in [1.82, 2.24) is 19.7 Å². The Kier molecular flexibility index (Phi) is 9.00. The first-order valence-corrected chi connectivity index (χ1v) is 14.9. The Labute approximate surface area is 271 Å². The summed E-state index contributed by atoms with van der Waals surface area (Å²) in [6.07, 6.45) is 6.35. The molecule has 2 aliphatic heterocycles. The van der Waals surface area contributed by atoms with Gasteiger partial charge in [0.25, 0.3) is 0 Å². The molecule has 0 unspecified atom stereocenters. The quantitative estimate of drug-likeness (QED) is 0.215. The maximum Gasteiger partial charge on any atom is 0.231 e. The molecule has 44 heavy (non-hydrogen) atoms. The summed E-state index contributed by atoms with van der Waals surface area (Å²) < 4.78 is 27.7. The molecule has 0 atom stereocenters. The van der Waals surface area contributed by atoms with Crippen molar-refractivity contribution >= 4 is 34.0 Å². The molecule has 0 bridgehead atoms. The highest BCUT2D eigenvalue weighted by atomic mass is 35.5. The molecule has 7 rings (SSSR count). The van der Waals surface area contributed by atoms with Crippen molar-refractivity contribution in [2.24, 2.45) is 0 Å². The maximum atomic E-state index is 6.51. The monoisotopic (exact) mass is 653 g/mol. The van der Waals surface area contributed by atoms with Crippen LogP contribution >= 0.6 is 23.2 Å². The molecule has 3 aromatic carbocycles. The van der Waals surface area contributed by atoms with Crippen LogP contribution in [0.4, 0.5) is 0 Å². The van der Waals surface area contributed by atoms with Crippen LogP contribution in [0.5, 0.6) is 23.0 Å². The number of fused-ring (bicyclic) bond motifs is 5. The van der Waals surface area contributed by atoms with Gasteiger partial charge in [-0.25, -0.2) is 4.98 Å². The van der Waals surface area contributed by atoms with Crippen LogP contribution in [0, 0.1) is 0 Å². The van der Waals surface area contributed by atoms with Crippen molar-refractivity contribution in [3.63, 3.8) is 0 Å². The van der Waals surface area contributed by atoms with E-state index in [2.05, 4.69) is 50.0 Å². The third-order valence-corrected chi connectivity index (χ3v) is 8.69. The smallest absolute Gasteiger partial charge is 0.231 e. The fraction of sp³-hybridized carbons (Fsp3) is 0.281. The molecule has 2 aromatic heterocycles. The summed E-state index contributed by atoms with van der Waals surface area (Å²) in [5.74, 6) is 3.05. The molecular formula is C32H30Cl3N5O4. The summed E-state index contributed by atoms with van der Waals surface area (Å²) >= 11 is 12.5. The van der Waals surface area contributed by atoms with E-state index >= 15 is 0 Å². The second-order valence-electron chi connectivity index (χ2n) is 10.6. The van der Waals surface area contributed by atoms with E-state index < -0.39 is 0 Å². The Balaban J connectivity index is 0.00000343. The highest BCUT2D eigenvalue weighted by Crippen LogP contribution is 2.41. The second kappa shape index (κ2) is 13.1. The molecule has 4 heterocycles. The first-order chi connectivity index (χ1) is 21.1. The first kappa shape index (κ1) is 30.3. The zero-order chi connectivity index (χ0) is 29.3. The van der Waals surface area contributed by atoms with Gasteiger partial charge < -0.3 is 31.4 Å². The number of ether oxygens (including phenoxy) is 4. The molecule has 2 aliphatic rings. The molecule has 5 aromatic rings. The molecule has 9 nitrogen and oxygen atoms in total. The Morgan fingerprint density at radius 2 is 1.89 bits per heavy atom. The van der Waals surface area contributed by atoms with Crippen molar-refractivity contribution in [3.05, 3.63) is 88.6 Å². The van der Waals surface area contributed by atoms with Gasteiger partial charge in [0, 0.05) is 32.1 Å². The van der Waals surface area contributed by atoms with Crippen LogP contribution in [0.2, 0.25) is 10.0 Å². The van der Waals surface area contributed by atoms with Gasteiger partial charge >= 0.3 is 0 Å². The molecule has 0 amide bonds. The van der Waals surface area contributed by atoms with Gasteiger partial charge in [-0.1, -0.05) is 29.3 Å². The molecule has 0 N–H and O–H groups in total. The number of methoxy groups -OCH3 is 1. The van der Waals surface area contributed by atoms with Crippen LogP contribution in [0.25, 0.3) is 22.0 Å². The Bertz CT molecular complexity index is 1800. The fourth-order valence-electron chi connectivity index (χ4n) is 5.74. The highest BCUT2D eigenvalue weighted by molar-refractivity contribution is 6.42. The molecule has 0 saturated heterocycles. The molecule has 228 valence electrons. The predicted octanol–water partition coefficient (Wildman–Crippen LogP) is 2.57. The average Bonchev–Trinajstić information content (AvgIpc) is 3.72. The summed E-state index contributed by atoms with van der Waals surface area (Å²) in [5, 5.41) is 7.41. The van der Waals surface area contributed by atoms with Gasteiger partial charge in [-0.15, -0.1) is 0 Å². The van der Waals surface area contributed by atoms with Crippen molar-refractivity contribution in [3.8, 4) is 34.3 Å². The van der Waals surface area contributed by atoms with Crippen LogP contribution in [0.15, 0.2) is 67.4 Å². The minimum atomic E-state index is 0. The van der Waals surface area contributed by atoms with Crippen LogP contribution in [0.1, 0.15) is 11.1 Å². The molecule has 0 aliphatic carbocycles. The van der Waals surface area contributed by atoms with Crippen LogP contribution in [0.3, 0.4) is 0 Å². The number of rotatable bonds is 10. The lowest BCUT2D eigenvalue weighted by Gasteiger charge is -2.23. The number of hydrogen-bond donors (Lipinski definition) is 0. The topological polar surface area (TPSA) is 74.8 Å². The number of nitrogens with zero attached hydrogens (tertiary/aromatic N) is 5. The molecule has 0 spiro atoms. The minimum absolute atomic E-state index is 0. The molecule has 0 radical (unpaired) electrons. The molecule has 12 heteroatoms. The zero-order valence-electron chi connectivity index (χ0n) is 24.0. The lowest BCUT2D eigenvalue weighted by molar-refractivity contribution is -0.686. The third-order valence-electron chi connectivity index (χ3n) is 7.95. The summed E-state index contributed by atoms with van der Waals surface area (Å²) in [7, 11) is 1.67. The lowest BCUT2D eigenvalue weighted by Crippen LogP contribution is -3.00. The molecule has 0 saturated carbocycles. The Morgan fingerprint density at radius 3 is 2.68 bits per heavy atom. The SMILES string of the molecule is COc1ccc2cc3[n+](cc2c1OCCN(CCn1cncn1)Cc1ccc(Cl)c(Cl)c1)CCc1cc2c(cc1-3)OCO2.[Cl-]. The van der Waals surface area contributed by atoms with Gasteiger partial charge in [0.05, 0.1) is 34.6 Å². The number of halogens is 3. The summed E-state index contributed by atoms with van der Waals surface area (Å²) in [6, 6.07) is 16.2. The van der Waals surface area contributed by atoms with Gasteiger partial charge in [0.15, 0.2) is 35.7 Å². The largest absolute Gasteiger partial charge is 1.00 e. The van der Waals surface area contributed by atoms with E-state index in [0.717, 1.165) is 58.8 Å². The fourth-order valence-corrected chi connectivity index (χ4v) is 6.06. The average molecular weight is 655 g/mol. The first-order valence-electron chi connectivity index (χ1n) is 14.1. The standard InChI is InChI=1S/C32H30Cl2N5O4.ClH/c1-40-29-5-3-22-13-28-24-15-31-30(42-20-43-31)14-23(24)6-7-38(28)17-25(22)32(29)41-11-10-37(8-9-39-19-35-18-36-39)16-21-2-4-26(33)27(34)12-21;/h2-5,12-15,17-19H,6-11,16,20H2,1H3;1H/q+1;/p-1. The summed E-state index contributed by atoms with van der Waals surface area (Å²) in [4.78, 5) is 6.36. The van der Waals surface area contributed by atoms with Crippen molar-refractivity contribution in [2.45, 2.75) is 26.1 Å². The van der Waals surface area contributed by atoms with E-state index in [4.69, 9.17) is 42.1 Å². The number of hydrogen-bond acceptors (Lipinski definition) is 7. The van der Waals surface area contributed by atoms with E-state index in [1.807, 2.05) is 28.9 Å². The van der Waals surface area contributed by atoms with E-state index in [1.54, 1.807) is 19.8 Å². The van der Waals surface area contributed by atoms with E-state index in [-0.39, 0.29) is 19.2 Å². The molecular weight excluding hydrogens is 625 g/mol. The van der Waals surface area contributed by atoms with E-state index in [9.17, 15) is 0 Å². The van der Waals surface area contributed by atoms with Crippen LogP contribution in [-0.2, 0) is 26.1 Å².